The van der Waals surface area contributed by atoms with Crippen molar-refractivity contribution in [3.8, 4) is 0 Å². The Morgan fingerprint density at radius 3 is 2.68 bits per heavy atom. The molecular weight excluding hydrogens is 304 g/mol. The first-order valence-electron chi connectivity index (χ1n) is 7.00. The molecule has 0 aliphatic carbocycles. The van der Waals surface area contributed by atoms with Crippen LogP contribution in [0.2, 0.25) is 0 Å². The third-order valence-corrected chi connectivity index (χ3v) is 5.98. The summed E-state index contributed by atoms with van der Waals surface area (Å²) in [5.74, 6) is 0.263. The van der Waals surface area contributed by atoms with Gasteiger partial charge in [0.05, 0.1) is 10.1 Å². The second-order valence-electron chi connectivity index (χ2n) is 5.34. The maximum Gasteiger partial charge on any atom is 0.276 e. The Labute approximate surface area is 128 Å². The summed E-state index contributed by atoms with van der Waals surface area (Å²) in [6.07, 6.45) is 0.430. The van der Waals surface area contributed by atoms with Crippen molar-refractivity contribution in [3.63, 3.8) is 0 Å². The summed E-state index contributed by atoms with van der Waals surface area (Å²) in [5, 5.41) is 3.11. The van der Waals surface area contributed by atoms with Crippen LogP contribution < -0.4 is 0 Å². The van der Waals surface area contributed by atoms with Gasteiger partial charge in [-0.1, -0.05) is 23.4 Å². The van der Waals surface area contributed by atoms with Gasteiger partial charge in [-0.25, -0.2) is 8.42 Å². The van der Waals surface area contributed by atoms with Crippen LogP contribution in [0.15, 0.2) is 45.8 Å². The summed E-state index contributed by atoms with van der Waals surface area (Å²) in [6, 6.07) is 9.89. The van der Waals surface area contributed by atoms with Gasteiger partial charge in [-0.2, -0.15) is 0 Å². The lowest BCUT2D eigenvalue weighted by Crippen LogP contribution is -2.32. The standard InChI is InChI=1S/C15H16N2O4S/c1-11-9-14(16-21-11)15(18)17-8-7-13(10-17)22(19,20)12-5-3-2-4-6-12/h2-6,9,13H,7-8,10H2,1H3. The van der Waals surface area contributed by atoms with E-state index in [4.69, 9.17) is 4.52 Å². The number of amides is 1. The molecule has 1 aromatic carbocycles. The Morgan fingerprint density at radius 2 is 2.05 bits per heavy atom. The van der Waals surface area contributed by atoms with E-state index in [0.717, 1.165) is 0 Å². The molecular formula is C15H16N2O4S. The Balaban J connectivity index is 1.76. The van der Waals surface area contributed by atoms with Crippen molar-refractivity contribution >= 4 is 15.7 Å². The lowest BCUT2D eigenvalue weighted by molar-refractivity contribution is 0.0783. The van der Waals surface area contributed by atoms with E-state index in [1.165, 1.54) is 4.90 Å². The molecule has 116 valence electrons. The molecule has 0 N–H and O–H groups in total. The number of rotatable bonds is 3. The zero-order chi connectivity index (χ0) is 15.7. The molecule has 3 rings (SSSR count). The van der Waals surface area contributed by atoms with Crippen LogP contribution in [0.5, 0.6) is 0 Å². The van der Waals surface area contributed by atoms with Crippen molar-refractivity contribution in [2.24, 2.45) is 0 Å². The average molecular weight is 320 g/mol. The van der Waals surface area contributed by atoms with E-state index in [1.54, 1.807) is 43.3 Å². The molecule has 7 heteroatoms. The Bertz CT molecular complexity index is 783. The number of carbonyl (C=O) groups is 1. The molecule has 1 aliphatic heterocycles. The highest BCUT2D eigenvalue weighted by molar-refractivity contribution is 7.92. The van der Waals surface area contributed by atoms with Crippen LogP contribution >= 0.6 is 0 Å². The molecule has 0 spiro atoms. The Hall–Kier alpha value is -2.15. The summed E-state index contributed by atoms with van der Waals surface area (Å²) in [5.41, 5.74) is 0.218. The Kier molecular flexibility index (Phi) is 3.74. The number of carbonyl (C=O) groups excluding carboxylic acids is 1. The van der Waals surface area contributed by atoms with Crippen LogP contribution in [0.25, 0.3) is 0 Å². The molecule has 2 aromatic rings. The quantitative estimate of drug-likeness (QED) is 0.859. The van der Waals surface area contributed by atoms with Gasteiger partial charge < -0.3 is 9.42 Å². The first-order valence-corrected chi connectivity index (χ1v) is 8.54. The van der Waals surface area contributed by atoms with Gasteiger partial charge in [0.2, 0.25) is 0 Å². The van der Waals surface area contributed by atoms with Crippen LogP contribution in [-0.4, -0.2) is 42.7 Å². The van der Waals surface area contributed by atoms with Crippen LogP contribution in [0, 0.1) is 6.92 Å². The second-order valence-corrected chi connectivity index (χ2v) is 7.57. The van der Waals surface area contributed by atoms with Gasteiger partial charge in [-0.3, -0.25) is 4.79 Å². The maximum absolute atomic E-state index is 12.6. The third-order valence-electron chi connectivity index (χ3n) is 3.79. The zero-order valence-corrected chi connectivity index (χ0v) is 12.9. The number of aryl methyl sites for hydroxylation is 1. The minimum atomic E-state index is -3.42. The lowest BCUT2D eigenvalue weighted by Gasteiger charge is -2.15. The fourth-order valence-corrected chi connectivity index (χ4v) is 4.31. The number of likely N-dealkylation sites (tertiary alicyclic amines) is 1. The molecule has 1 atom stereocenters. The van der Waals surface area contributed by atoms with E-state index in [9.17, 15) is 13.2 Å². The van der Waals surface area contributed by atoms with Crippen molar-refractivity contribution in [2.45, 2.75) is 23.5 Å². The average Bonchev–Trinajstić information content (AvgIpc) is 3.17. The predicted molar refractivity (Wildman–Crippen MR) is 79.2 cm³/mol. The third kappa shape index (κ3) is 2.64. The lowest BCUT2D eigenvalue weighted by atomic mass is 10.3. The van der Waals surface area contributed by atoms with Crippen LogP contribution in [0.3, 0.4) is 0 Å². The molecule has 1 amide bonds. The van der Waals surface area contributed by atoms with Gasteiger partial charge in [-0.15, -0.1) is 0 Å². The van der Waals surface area contributed by atoms with Gasteiger partial charge >= 0.3 is 0 Å². The van der Waals surface area contributed by atoms with Crippen LogP contribution in [0.1, 0.15) is 22.7 Å². The van der Waals surface area contributed by atoms with Crippen molar-refractivity contribution in [1.29, 1.82) is 0 Å². The number of aromatic nitrogens is 1. The van der Waals surface area contributed by atoms with E-state index in [-0.39, 0.29) is 18.1 Å². The van der Waals surface area contributed by atoms with E-state index >= 15 is 0 Å². The topological polar surface area (TPSA) is 80.5 Å². The SMILES string of the molecule is Cc1cc(C(=O)N2CCC(S(=O)(=O)c3ccccc3)C2)no1. The van der Waals surface area contributed by atoms with Gasteiger partial charge in [0.1, 0.15) is 5.76 Å². The smallest absolute Gasteiger partial charge is 0.276 e. The summed E-state index contributed by atoms with van der Waals surface area (Å²) >= 11 is 0. The van der Waals surface area contributed by atoms with Crippen molar-refractivity contribution in [3.05, 3.63) is 47.9 Å². The zero-order valence-electron chi connectivity index (χ0n) is 12.1. The fraction of sp³-hybridized carbons (Fsp3) is 0.333. The van der Waals surface area contributed by atoms with E-state index < -0.39 is 15.1 Å². The largest absolute Gasteiger partial charge is 0.361 e. The highest BCUT2D eigenvalue weighted by Crippen LogP contribution is 2.24. The summed E-state index contributed by atoms with van der Waals surface area (Å²) in [6.45, 7) is 2.29. The van der Waals surface area contributed by atoms with Crippen molar-refractivity contribution in [1.82, 2.24) is 10.1 Å². The molecule has 1 aliphatic rings. The first-order chi connectivity index (χ1) is 10.5. The molecule has 0 saturated carbocycles. The highest BCUT2D eigenvalue weighted by atomic mass is 32.2. The normalized spacial score (nSPS) is 18.6. The van der Waals surface area contributed by atoms with Gasteiger partial charge in [0.15, 0.2) is 15.5 Å². The molecule has 2 heterocycles. The van der Waals surface area contributed by atoms with E-state index in [2.05, 4.69) is 5.16 Å². The molecule has 0 radical (unpaired) electrons. The number of hydrogen-bond donors (Lipinski definition) is 0. The summed E-state index contributed by atoms with van der Waals surface area (Å²) in [7, 11) is -3.42. The van der Waals surface area contributed by atoms with E-state index in [0.29, 0.717) is 23.6 Å². The van der Waals surface area contributed by atoms with E-state index in [1.807, 2.05) is 0 Å². The monoisotopic (exact) mass is 320 g/mol. The molecule has 1 unspecified atom stereocenters. The number of nitrogens with zero attached hydrogens (tertiary/aromatic N) is 2. The number of benzene rings is 1. The molecule has 22 heavy (non-hydrogen) atoms. The van der Waals surface area contributed by atoms with Gasteiger partial charge in [-0.05, 0) is 25.5 Å². The van der Waals surface area contributed by atoms with Crippen LogP contribution in [0.4, 0.5) is 0 Å². The minimum Gasteiger partial charge on any atom is -0.361 e. The summed E-state index contributed by atoms with van der Waals surface area (Å²) in [4.78, 5) is 14.1. The predicted octanol–water partition coefficient (Wildman–Crippen LogP) is 1.67. The van der Waals surface area contributed by atoms with Gasteiger partial charge in [0.25, 0.3) is 5.91 Å². The second kappa shape index (κ2) is 5.57. The molecule has 0 bridgehead atoms. The van der Waals surface area contributed by atoms with Crippen LogP contribution in [-0.2, 0) is 9.84 Å². The number of sulfone groups is 1. The first kappa shape index (κ1) is 14.8. The molecule has 1 fully saturated rings. The summed E-state index contributed by atoms with van der Waals surface area (Å²) < 4.78 is 30.0. The maximum atomic E-state index is 12.6. The number of hydrogen-bond acceptors (Lipinski definition) is 5. The molecule has 1 aromatic heterocycles. The molecule has 6 nitrogen and oxygen atoms in total. The van der Waals surface area contributed by atoms with Crippen molar-refractivity contribution in [2.75, 3.05) is 13.1 Å². The minimum absolute atomic E-state index is 0.183. The molecule has 1 saturated heterocycles. The van der Waals surface area contributed by atoms with Gasteiger partial charge in [0, 0.05) is 19.2 Å². The fourth-order valence-electron chi connectivity index (χ4n) is 2.60. The highest BCUT2D eigenvalue weighted by Gasteiger charge is 2.36. The van der Waals surface area contributed by atoms with Crippen molar-refractivity contribution < 1.29 is 17.7 Å². The Morgan fingerprint density at radius 1 is 1.32 bits per heavy atom.